The maximum Gasteiger partial charge on any atom is 0.239 e. The molecule has 1 fully saturated rings. The molecule has 1 heterocycles. The van der Waals surface area contributed by atoms with E-state index < -0.39 is 0 Å². The van der Waals surface area contributed by atoms with Crippen LogP contribution in [0.2, 0.25) is 0 Å². The number of rotatable bonds is 3. The van der Waals surface area contributed by atoms with Crippen molar-refractivity contribution in [1.82, 2.24) is 4.90 Å². The van der Waals surface area contributed by atoms with Gasteiger partial charge in [0.25, 0.3) is 0 Å². The average molecular weight is 244 g/mol. The molecular formula is C12H24N2OS. The van der Waals surface area contributed by atoms with E-state index in [-0.39, 0.29) is 16.7 Å². The lowest BCUT2D eigenvalue weighted by molar-refractivity contribution is -0.133. The van der Waals surface area contributed by atoms with Gasteiger partial charge in [-0.05, 0) is 26.2 Å². The van der Waals surface area contributed by atoms with E-state index in [4.69, 9.17) is 5.73 Å². The lowest BCUT2D eigenvalue weighted by Gasteiger charge is -2.38. The van der Waals surface area contributed by atoms with Gasteiger partial charge < -0.3 is 10.6 Å². The Kier molecular flexibility index (Phi) is 4.68. The summed E-state index contributed by atoms with van der Waals surface area (Å²) in [6.07, 6.45) is 0.781. The third-order valence-electron chi connectivity index (χ3n) is 2.78. The Morgan fingerprint density at radius 3 is 2.62 bits per heavy atom. The van der Waals surface area contributed by atoms with Crippen LogP contribution in [0.1, 0.15) is 34.1 Å². The van der Waals surface area contributed by atoms with E-state index >= 15 is 0 Å². The van der Waals surface area contributed by atoms with Crippen LogP contribution in [0.15, 0.2) is 0 Å². The maximum absolute atomic E-state index is 12.1. The molecule has 3 nitrogen and oxygen atoms in total. The molecule has 0 aromatic rings. The van der Waals surface area contributed by atoms with E-state index in [9.17, 15) is 4.79 Å². The molecule has 1 aliphatic heterocycles. The van der Waals surface area contributed by atoms with Gasteiger partial charge in [-0.15, -0.1) is 0 Å². The van der Waals surface area contributed by atoms with Gasteiger partial charge in [-0.3, -0.25) is 4.79 Å². The van der Waals surface area contributed by atoms with Crippen LogP contribution in [0.3, 0.4) is 0 Å². The van der Waals surface area contributed by atoms with Crippen molar-refractivity contribution >= 4 is 17.7 Å². The normalized spacial score (nSPS) is 22.2. The fourth-order valence-corrected chi connectivity index (χ4v) is 3.16. The third kappa shape index (κ3) is 3.98. The van der Waals surface area contributed by atoms with Gasteiger partial charge in [0.15, 0.2) is 0 Å². The fourth-order valence-electron chi connectivity index (χ4n) is 2.05. The molecule has 1 atom stereocenters. The number of amides is 1. The molecule has 94 valence electrons. The minimum atomic E-state index is -0.320. The zero-order valence-corrected chi connectivity index (χ0v) is 11.6. The van der Waals surface area contributed by atoms with Gasteiger partial charge >= 0.3 is 0 Å². The first-order valence-corrected chi connectivity index (χ1v) is 6.99. The first kappa shape index (κ1) is 13.8. The molecule has 0 aromatic heterocycles. The second kappa shape index (κ2) is 5.41. The molecule has 1 amide bonds. The molecule has 1 saturated heterocycles. The molecule has 0 aromatic carbocycles. The van der Waals surface area contributed by atoms with Crippen LogP contribution in [0.25, 0.3) is 0 Å². The van der Waals surface area contributed by atoms with Crippen LogP contribution < -0.4 is 5.73 Å². The molecule has 0 bridgehead atoms. The van der Waals surface area contributed by atoms with Crippen LogP contribution >= 0.6 is 11.8 Å². The van der Waals surface area contributed by atoms with Gasteiger partial charge in [0.2, 0.25) is 5.91 Å². The molecule has 2 N–H and O–H groups in total. The Hall–Kier alpha value is -0.220. The Labute approximate surface area is 103 Å². The number of nitrogens with two attached hydrogens (primary N) is 1. The second-order valence-corrected chi connectivity index (χ2v) is 7.41. The van der Waals surface area contributed by atoms with Gasteiger partial charge in [0, 0.05) is 23.6 Å². The molecule has 1 unspecified atom stereocenters. The second-order valence-electron chi connectivity index (χ2n) is 5.60. The quantitative estimate of drug-likeness (QED) is 0.822. The summed E-state index contributed by atoms with van der Waals surface area (Å²) in [5, 5.41) is 0. The summed E-state index contributed by atoms with van der Waals surface area (Å²) in [6, 6.07) is -0.320. The summed E-state index contributed by atoms with van der Waals surface area (Å²) in [5.41, 5.74) is 5.94. The van der Waals surface area contributed by atoms with Crippen molar-refractivity contribution in [2.45, 2.75) is 44.9 Å². The first-order valence-electron chi connectivity index (χ1n) is 6.00. The van der Waals surface area contributed by atoms with E-state index in [2.05, 4.69) is 27.7 Å². The molecule has 0 aliphatic carbocycles. The summed E-state index contributed by atoms with van der Waals surface area (Å²) >= 11 is 1.93. The standard InChI is InChI=1S/C12H24N2OS/c1-9(2)7-10(13)11(15)14-5-6-16-12(3,4)8-14/h9-10H,5-8,13H2,1-4H3. The van der Waals surface area contributed by atoms with Gasteiger partial charge in [-0.2, -0.15) is 11.8 Å². The highest BCUT2D eigenvalue weighted by atomic mass is 32.2. The molecule has 0 radical (unpaired) electrons. The fraction of sp³-hybridized carbons (Fsp3) is 0.917. The number of thioether (sulfide) groups is 1. The van der Waals surface area contributed by atoms with E-state index in [1.165, 1.54) is 0 Å². The Bertz CT molecular complexity index is 253. The van der Waals surface area contributed by atoms with Crippen molar-refractivity contribution in [3.63, 3.8) is 0 Å². The summed E-state index contributed by atoms with van der Waals surface area (Å²) in [5.74, 6) is 1.63. The highest BCUT2D eigenvalue weighted by Crippen LogP contribution is 2.29. The monoisotopic (exact) mass is 244 g/mol. The van der Waals surface area contributed by atoms with Gasteiger partial charge in [-0.25, -0.2) is 0 Å². The van der Waals surface area contributed by atoms with Crippen molar-refractivity contribution in [2.24, 2.45) is 11.7 Å². The highest BCUT2D eigenvalue weighted by molar-refractivity contribution is 8.00. The van der Waals surface area contributed by atoms with Gasteiger partial charge in [0.1, 0.15) is 0 Å². The highest BCUT2D eigenvalue weighted by Gasteiger charge is 2.31. The zero-order chi connectivity index (χ0) is 12.3. The summed E-state index contributed by atoms with van der Waals surface area (Å²) in [7, 11) is 0. The third-order valence-corrected chi connectivity index (χ3v) is 4.08. The van der Waals surface area contributed by atoms with E-state index in [0.717, 1.165) is 25.3 Å². The van der Waals surface area contributed by atoms with Crippen molar-refractivity contribution < 1.29 is 4.79 Å². The molecule has 1 rings (SSSR count). The van der Waals surface area contributed by atoms with Crippen LogP contribution in [0, 0.1) is 5.92 Å². The molecular weight excluding hydrogens is 220 g/mol. The average Bonchev–Trinajstić information content (AvgIpc) is 2.13. The van der Waals surface area contributed by atoms with Crippen LogP contribution in [-0.4, -0.2) is 40.4 Å². The number of carbonyl (C=O) groups excluding carboxylic acids is 1. The van der Waals surface area contributed by atoms with Crippen molar-refractivity contribution in [2.75, 3.05) is 18.8 Å². The molecule has 0 saturated carbocycles. The van der Waals surface area contributed by atoms with E-state index in [1.54, 1.807) is 0 Å². The predicted octanol–water partition coefficient (Wildman–Crippen LogP) is 1.71. The Balaban J connectivity index is 2.53. The largest absolute Gasteiger partial charge is 0.339 e. The number of carbonyl (C=O) groups is 1. The van der Waals surface area contributed by atoms with E-state index in [0.29, 0.717) is 5.92 Å². The molecule has 0 spiro atoms. The number of nitrogens with zero attached hydrogens (tertiary/aromatic N) is 1. The number of hydrogen-bond acceptors (Lipinski definition) is 3. The maximum atomic E-state index is 12.1. The van der Waals surface area contributed by atoms with Crippen LogP contribution in [-0.2, 0) is 4.79 Å². The topological polar surface area (TPSA) is 46.3 Å². The SMILES string of the molecule is CC(C)CC(N)C(=O)N1CCSC(C)(C)C1. The smallest absolute Gasteiger partial charge is 0.239 e. The zero-order valence-electron chi connectivity index (χ0n) is 10.8. The van der Waals surface area contributed by atoms with Crippen molar-refractivity contribution in [3.8, 4) is 0 Å². The van der Waals surface area contributed by atoms with Gasteiger partial charge in [-0.1, -0.05) is 13.8 Å². The summed E-state index contributed by atoms with van der Waals surface area (Å²) < 4.78 is 0.172. The van der Waals surface area contributed by atoms with Crippen molar-refractivity contribution in [1.29, 1.82) is 0 Å². The summed E-state index contributed by atoms with van der Waals surface area (Å²) in [6.45, 7) is 10.2. The van der Waals surface area contributed by atoms with Crippen molar-refractivity contribution in [3.05, 3.63) is 0 Å². The van der Waals surface area contributed by atoms with E-state index in [1.807, 2.05) is 16.7 Å². The lowest BCUT2D eigenvalue weighted by Crippen LogP contribution is -2.52. The predicted molar refractivity (Wildman–Crippen MR) is 70.5 cm³/mol. The summed E-state index contributed by atoms with van der Waals surface area (Å²) in [4.78, 5) is 14.0. The number of hydrogen-bond donors (Lipinski definition) is 1. The molecule has 1 aliphatic rings. The molecule has 4 heteroatoms. The van der Waals surface area contributed by atoms with Gasteiger partial charge in [0.05, 0.1) is 6.04 Å². The minimum absolute atomic E-state index is 0.127. The van der Waals surface area contributed by atoms with Crippen LogP contribution in [0.5, 0.6) is 0 Å². The molecule has 16 heavy (non-hydrogen) atoms. The Morgan fingerprint density at radius 2 is 2.12 bits per heavy atom. The lowest BCUT2D eigenvalue weighted by atomic mass is 10.0. The minimum Gasteiger partial charge on any atom is -0.339 e. The Morgan fingerprint density at radius 1 is 1.50 bits per heavy atom. The van der Waals surface area contributed by atoms with Crippen LogP contribution in [0.4, 0.5) is 0 Å². The first-order chi connectivity index (χ1) is 7.32.